The van der Waals surface area contributed by atoms with E-state index < -0.39 is 23.4 Å². The molecule has 0 fully saturated rings. The predicted octanol–water partition coefficient (Wildman–Crippen LogP) is 1.59. The zero-order valence-electron chi connectivity index (χ0n) is 8.08. The zero-order chi connectivity index (χ0) is 12.3. The molecule has 0 amide bonds. The van der Waals surface area contributed by atoms with E-state index in [0.717, 1.165) is 0 Å². The molecule has 0 bridgehead atoms. The van der Waals surface area contributed by atoms with Gasteiger partial charge in [0, 0.05) is 6.07 Å². The van der Waals surface area contributed by atoms with E-state index in [1.165, 1.54) is 0 Å². The normalized spacial score (nSPS) is 11.2. The molecule has 88 valence electrons. The van der Waals surface area contributed by atoms with Gasteiger partial charge in [-0.25, -0.2) is 4.79 Å². The summed E-state index contributed by atoms with van der Waals surface area (Å²) < 4.78 is 42.0. The minimum Gasteiger partial charge on any atom is -0.477 e. The van der Waals surface area contributed by atoms with Gasteiger partial charge in [0.15, 0.2) is 5.69 Å². The van der Waals surface area contributed by atoms with Crippen LogP contribution in [0.2, 0.25) is 0 Å². The van der Waals surface area contributed by atoms with Gasteiger partial charge in [0.25, 0.3) is 0 Å². The lowest BCUT2D eigenvalue weighted by atomic mass is 10.2. The first-order valence-corrected chi connectivity index (χ1v) is 4.17. The molecule has 0 saturated carbocycles. The average Bonchev–Trinajstić information content (AvgIpc) is 2.16. The first-order valence-electron chi connectivity index (χ1n) is 4.17. The number of aromatic nitrogens is 2. The molecule has 1 aromatic rings. The highest BCUT2D eigenvalue weighted by Crippen LogP contribution is 2.32. The fraction of sp³-hybridized carbons (Fsp3) is 0.375. The van der Waals surface area contributed by atoms with Crippen molar-refractivity contribution < 1.29 is 27.8 Å². The van der Waals surface area contributed by atoms with Crippen LogP contribution >= 0.6 is 0 Å². The van der Waals surface area contributed by atoms with Crippen molar-refractivity contribution in [1.29, 1.82) is 0 Å². The van der Waals surface area contributed by atoms with Crippen molar-refractivity contribution in [2.24, 2.45) is 0 Å². The summed E-state index contributed by atoms with van der Waals surface area (Å²) in [6.45, 7) is 1.67. The number of aromatic carboxylic acids is 1. The van der Waals surface area contributed by atoms with Crippen molar-refractivity contribution in [3.8, 4) is 5.88 Å². The number of ether oxygens (including phenoxy) is 1. The van der Waals surface area contributed by atoms with Crippen molar-refractivity contribution in [2.45, 2.75) is 13.1 Å². The third-order valence-corrected chi connectivity index (χ3v) is 1.57. The highest BCUT2D eigenvalue weighted by molar-refractivity contribution is 5.87. The molecular formula is C8H7F3N2O3. The molecule has 1 aromatic heterocycles. The van der Waals surface area contributed by atoms with Crippen LogP contribution in [0.3, 0.4) is 0 Å². The lowest BCUT2D eigenvalue weighted by Gasteiger charge is -2.10. The molecule has 1 heterocycles. The molecule has 1 N–H and O–H groups in total. The van der Waals surface area contributed by atoms with Crippen LogP contribution in [-0.4, -0.2) is 27.9 Å². The lowest BCUT2D eigenvalue weighted by molar-refractivity contribution is -0.138. The average molecular weight is 236 g/mol. The maximum atomic E-state index is 12.4. The summed E-state index contributed by atoms with van der Waals surface area (Å²) >= 11 is 0. The summed E-state index contributed by atoms with van der Waals surface area (Å²) in [5.74, 6) is -2.15. The third-order valence-electron chi connectivity index (χ3n) is 1.57. The monoisotopic (exact) mass is 236 g/mol. The number of halogens is 3. The van der Waals surface area contributed by atoms with Crippen molar-refractivity contribution in [2.75, 3.05) is 6.61 Å². The number of carboxylic acid groups (broad SMARTS) is 1. The molecule has 8 heteroatoms. The molecule has 0 aliphatic heterocycles. The maximum Gasteiger partial charge on any atom is 0.419 e. The first kappa shape index (κ1) is 12.2. The zero-order valence-corrected chi connectivity index (χ0v) is 8.08. The van der Waals surface area contributed by atoms with Crippen LogP contribution in [0, 0.1) is 0 Å². The van der Waals surface area contributed by atoms with Crippen molar-refractivity contribution in [3.63, 3.8) is 0 Å². The topological polar surface area (TPSA) is 72.3 Å². The predicted molar refractivity (Wildman–Crippen MR) is 45.2 cm³/mol. The highest BCUT2D eigenvalue weighted by atomic mass is 19.4. The van der Waals surface area contributed by atoms with E-state index in [4.69, 9.17) is 9.84 Å². The minimum atomic E-state index is -4.81. The van der Waals surface area contributed by atoms with Crippen LogP contribution in [-0.2, 0) is 6.18 Å². The van der Waals surface area contributed by atoms with Crippen LogP contribution < -0.4 is 4.74 Å². The summed E-state index contributed by atoms with van der Waals surface area (Å²) in [4.78, 5) is 10.5. The van der Waals surface area contributed by atoms with Gasteiger partial charge in [0.05, 0.1) is 12.2 Å². The highest BCUT2D eigenvalue weighted by Gasteiger charge is 2.37. The number of carbonyl (C=O) groups is 1. The second-order valence-electron chi connectivity index (χ2n) is 2.68. The molecule has 0 unspecified atom stereocenters. The first-order chi connectivity index (χ1) is 7.36. The number of hydrogen-bond acceptors (Lipinski definition) is 4. The van der Waals surface area contributed by atoms with Gasteiger partial charge in [-0.1, -0.05) is 0 Å². The van der Waals surface area contributed by atoms with E-state index in [0.29, 0.717) is 6.07 Å². The number of nitrogens with zero attached hydrogens (tertiary/aromatic N) is 2. The van der Waals surface area contributed by atoms with E-state index in [9.17, 15) is 18.0 Å². The maximum absolute atomic E-state index is 12.4. The standard InChI is InChI=1S/C8H7F3N2O3/c1-2-16-5-3-4(8(9,10)11)6(7(14)15)13-12-5/h3H,2H2,1H3,(H,14,15). The molecule has 0 aromatic carbocycles. The van der Waals surface area contributed by atoms with Gasteiger partial charge in [-0.05, 0) is 6.92 Å². The van der Waals surface area contributed by atoms with Crippen molar-refractivity contribution >= 4 is 5.97 Å². The van der Waals surface area contributed by atoms with Crippen LogP contribution in [0.25, 0.3) is 0 Å². The Balaban J connectivity index is 3.27. The Morgan fingerprint density at radius 3 is 2.56 bits per heavy atom. The molecule has 0 aliphatic carbocycles. The summed E-state index contributed by atoms with van der Waals surface area (Å²) in [5.41, 5.74) is -2.52. The summed E-state index contributed by atoms with van der Waals surface area (Å²) in [6.07, 6.45) is -4.81. The van der Waals surface area contributed by atoms with Crippen molar-refractivity contribution in [3.05, 3.63) is 17.3 Å². The van der Waals surface area contributed by atoms with Crippen LogP contribution in [0.1, 0.15) is 23.0 Å². The molecule has 5 nitrogen and oxygen atoms in total. The molecule has 0 radical (unpaired) electrons. The Bertz CT molecular complexity index is 406. The number of hydrogen-bond donors (Lipinski definition) is 1. The van der Waals surface area contributed by atoms with Gasteiger partial charge in [0.1, 0.15) is 0 Å². The molecular weight excluding hydrogens is 229 g/mol. The fourth-order valence-electron chi connectivity index (χ4n) is 0.966. The summed E-state index contributed by atoms with van der Waals surface area (Å²) in [7, 11) is 0. The van der Waals surface area contributed by atoms with Gasteiger partial charge in [-0.2, -0.15) is 13.2 Å². The van der Waals surface area contributed by atoms with Gasteiger partial charge < -0.3 is 9.84 Å². The van der Waals surface area contributed by atoms with E-state index in [1.807, 2.05) is 0 Å². The minimum absolute atomic E-state index is 0.110. The second-order valence-corrected chi connectivity index (χ2v) is 2.68. The second kappa shape index (κ2) is 4.33. The Morgan fingerprint density at radius 2 is 2.12 bits per heavy atom. The molecule has 0 spiro atoms. The van der Waals surface area contributed by atoms with Gasteiger partial charge in [0.2, 0.25) is 5.88 Å². The molecule has 1 rings (SSSR count). The van der Waals surface area contributed by atoms with Gasteiger partial charge >= 0.3 is 12.1 Å². The van der Waals surface area contributed by atoms with E-state index in [1.54, 1.807) is 6.92 Å². The van der Waals surface area contributed by atoms with Crippen molar-refractivity contribution in [1.82, 2.24) is 10.2 Å². The largest absolute Gasteiger partial charge is 0.477 e. The fourth-order valence-corrected chi connectivity index (χ4v) is 0.966. The van der Waals surface area contributed by atoms with E-state index in [2.05, 4.69) is 10.2 Å². The number of carboxylic acids is 1. The number of alkyl halides is 3. The Morgan fingerprint density at radius 1 is 1.50 bits per heavy atom. The van der Waals surface area contributed by atoms with Gasteiger partial charge in [-0.3, -0.25) is 0 Å². The van der Waals surface area contributed by atoms with E-state index >= 15 is 0 Å². The molecule has 16 heavy (non-hydrogen) atoms. The Hall–Kier alpha value is -1.86. The Kier molecular flexibility index (Phi) is 3.31. The van der Waals surface area contributed by atoms with Gasteiger partial charge in [-0.15, -0.1) is 10.2 Å². The Labute approximate surface area is 87.9 Å². The van der Waals surface area contributed by atoms with Crippen LogP contribution in [0.4, 0.5) is 13.2 Å². The summed E-state index contributed by atoms with van der Waals surface area (Å²) in [5, 5.41) is 14.7. The van der Waals surface area contributed by atoms with Crippen LogP contribution in [0.5, 0.6) is 5.88 Å². The van der Waals surface area contributed by atoms with E-state index in [-0.39, 0.29) is 12.5 Å². The summed E-state index contributed by atoms with van der Waals surface area (Å²) in [6, 6.07) is 0.514. The SMILES string of the molecule is CCOc1cc(C(F)(F)F)c(C(=O)O)nn1. The number of rotatable bonds is 3. The smallest absolute Gasteiger partial charge is 0.419 e. The lowest BCUT2D eigenvalue weighted by Crippen LogP contribution is -2.16. The molecule has 0 aliphatic rings. The quantitative estimate of drug-likeness (QED) is 0.862. The third kappa shape index (κ3) is 2.59. The molecule has 0 atom stereocenters. The molecule has 0 saturated heterocycles. The van der Waals surface area contributed by atoms with Crippen LogP contribution in [0.15, 0.2) is 6.07 Å².